The van der Waals surface area contributed by atoms with Gasteiger partial charge in [-0.2, -0.15) is 0 Å². The van der Waals surface area contributed by atoms with Crippen LogP contribution >= 0.6 is 0 Å². The van der Waals surface area contributed by atoms with Crippen LogP contribution in [0.4, 0.5) is 0 Å². The maximum atomic E-state index is 11.5. The van der Waals surface area contributed by atoms with Crippen molar-refractivity contribution in [2.45, 2.75) is 83.2 Å². The maximum absolute atomic E-state index is 11.5. The molecule has 0 saturated heterocycles. The van der Waals surface area contributed by atoms with Crippen molar-refractivity contribution in [2.24, 2.45) is 29.1 Å². The lowest BCUT2D eigenvalue weighted by molar-refractivity contribution is -0.198. The van der Waals surface area contributed by atoms with Gasteiger partial charge in [-0.25, -0.2) is 0 Å². The van der Waals surface area contributed by atoms with E-state index in [1.165, 1.54) is 70.6 Å². The first-order valence-corrected chi connectivity index (χ1v) is 8.81. The van der Waals surface area contributed by atoms with Crippen LogP contribution in [0.25, 0.3) is 0 Å². The summed E-state index contributed by atoms with van der Waals surface area (Å²) < 4.78 is 0. The SMILES string of the molecule is CC(O)(C1CCCCC1)C12CC3CC(CC(C3)C1)C2. The summed E-state index contributed by atoms with van der Waals surface area (Å²) in [6.07, 6.45) is 15.2. The van der Waals surface area contributed by atoms with Gasteiger partial charge in [0.05, 0.1) is 5.60 Å². The van der Waals surface area contributed by atoms with Crippen LogP contribution < -0.4 is 0 Å². The molecule has 5 rings (SSSR count). The van der Waals surface area contributed by atoms with Gasteiger partial charge in [-0.3, -0.25) is 0 Å². The summed E-state index contributed by atoms with van der Waals surface area (Å²) in [6, 6.07) is 0. The summed E-state index contributed by atoms with van der Waals surface area (Å²) in [5.74, 6) is 3.47. The molecule has 108 valence electrons. The Balaban J connectivity index is 1.62. The average Bonchev–Trinajstić information content (AvgIpc) is 2.38. The molecule has 0 aliphatic heterocycles. The van der Waals surface area contributed by atoms with Crippen LogP contribution in [0.2, 0.25) is 0 Å². The fourth-order valence-electron chi connectivity index (χ4n) is 6.83. The van der Waals surface area contributed by atoms with Crippen LogP contribution in [0.5, 0.6) is 0 Å². The van der Waals surface area contributed by atoms with Crippen molar-refractivity contribution >= 4 is 0 Å². The molecule has 4 bridgehead atoms. The Morgan fingerprint density at radius 3 is 1.79 bits per heavy atom. The van der Waals surface area contributed by atoms with E-state index in [0.29, 0.717) is 11.3 Å². The average molecular weight is 262 g/mol. The summed E-state index contributed by atoms with van der Waals surface area (Å²) in [5.41, 5.74) is -0.0623. The third-order valence-electron chi connectivity index (χ3n) is 7.51. The first kappa shape index (κ1) is 12.7. The number of rotatable bonds is 2. The van der Waals surface area contributed by atoms with E-state index in [9.17, 15) is 5.11 Å². The van der Waals surface area contributed by atoms with Crippen molar-refractivity contribution in [3.05, 3.63) is 0 Å². The predicted molar refractivity (Wildman–Crippen MR) is 77.8 cm³/mol. The van der Waals surface area contributed by atoms with Gasteiger partial charge in [0.15, 0.2) is 0 Å². The summed E-state index contributed by atoms with van der Waals surface area (Å²) in [4.78, 5) is 0. The zero-order valence-electron chi connectivity index (χ0n) is 12.5. The zero-order chi connectivity index (χ0) is 13.1. The third kappa shape index (κ3) is 1.83. The van der Waals surface area contributed by atoms with Crippen molar-refractivity contribution in [1.82, 2.24) is 0 Å². The second kappa shape index (κ2) is 4.23. The first-order valence-electron chi connectivity index (χ1n) is 8.81. The molecule has 0 aromatic heterocycles. The highest BCUT2D eigenvalue weighted by molar-refractivity contribution is 5.10. The molecule has 5 aliphatic rings. The Bertz CT molecular complexity index is 315. The van der Waals surface area contributed by atoms with E-state index in [4.69, 9.17) is 0 Å². The van der Waals surface area contributed by atoms with Gasteiger partial charge in [-0.15, -0.1) is 0 Å². The van der Waals surface area contributed by atoms with Crippen LogP contribution in [-0.2, 0) is 0 Å². The lowest BCUT2D eigenvalue weighted by Crippen LogP contribution is -2.60. The van der Waals surface area contributed by atoms with Crippen LogP contribution in [0, 0.1) is 29.1 Å². The smallest absolute Gasteiger partial charge is 0.0704 e. The molecular weight excluding hydrogens is 232 g/mol. The summed E-state index contributed by atoms with van der Waals surface area (Å²) in [7, 11) is 0. The highest BCUT2D eigenvalue weighted by atomic mass is 16.3. The van der Waals surface area contributed by atoms with E-state index in [1.807, 2.05) is 0 Å². The Morgan fingerprint density at radius 1 is 0.842 bits per heavy atom. The summed E-state index contributed by atoms with van der Waals surface area (Å²) in [5, 5.41) is 11.5. The minimum absolute atomic E-state index is 0.309. The molecule has 0 aromatic rings. The van der Waals surface area contributed by atoms with E-state index in [2.05, 4.69) is 6.92 Å². The van der Waals surface area contributed by atoms with E-state index in [0.717, 1.165) is 17.8 Å². The number of aliphatic hydroxyl groups is 1. The quantitative estimate of drug-likeness (QED) is 0.775. The molecule has 5 saturated carbocycles. The predicted octanol–water partition coefficient (Wildman–Crippen LogP) is 4.53. The highest BCUT2D eigenvalue weighted by Crippen LogP contribution is 2.65. The van der Waals surface area contributed by atoms with Gasteiger partial charge in [0.2, 0.25) is 0 Å². The lowest BCUT2D eigenvalue weighted by atomic mass is 9.43. The van der Waals surface area contributed by atoms with Crippen molar-refractivity contribution in [3.8, 4) is 0 Å². The molecule has 0 radical (unpaired) electrons. The Labute approximate surface area is 118 Å². The third-order valence-corrected chi connectivity index (χ3v) is 7.51. The molecule has 5 aliphatic carbocycles. The fraction of sp³-hybridized carbons (Fsp3) is 1.00. The summed E-state index contributed by atoms with van der Waals surface area (Å²) >= 11 is 0. The molecule has 19 heavy (non-hydrogen) atoms. The van der Waals surface area contributed by atoms with Crippen molar-refractivity contribution in [1.29, 1.82) is 0 Å². The zero-order valence-corrected chi connectivity index (χ0v) is 12.5. The van der Waals surface area contributed by atoms with Gasteiger partial charge in [0.25, 0.3) is 0 Å². The standard InChI is InChI=1S/C18H30O/c1-17(19,16-5-3-2-4-6-16)18-10-13-7-14(11-18)9-15(8-13)12-18/h13-16,19H,2-12H2,1H3. The van der Waals surface area contributed by atoms with Crippen molar-refractivity contribution in [2.75, 3.05) is 0 Å². The molecule has 0 amide bonds. The van der Waals surface area contributed by atoms with Crippen LogP contribution in [0.1, 0.15) is 77.6 Å². The Hall–Kier alpha value is -0.0400. The molecule has 1 nitrogen and oxygen atoms in total. The van der Waals surface area contributed by atoms with Gasteiger partial charge in [-0.1, -0.05) is 19.3 Å². The van der Waals surface area contributed by atoms with Crippen molar-refractivity contribution < 1.29 is 5.11 Å². The number of hydrogen-bond donors (Lipinski definition) is 1. The molecule has 1 unspecified atom stereocenters. The molecule has 1 atom stereocenters. The van der Waals surface area contributed by atoms with Crippen LogP contribution in [0.3, 0.4) is 0 Å². The van der Waals surface area contributed by atoms with E-state index < -0.39 is 0 Å². The highest BCUT2D eigenvalue weighted by Gasteiger charge is 2.60. The van der Waals surface area contributed by atoms with E-state index >= 15 is 0 Å². The minimum atomic E-state index is -0.372. The molecule has 0 heterocycles. The summed E-state index contributed by atoms with van der Waals surface area (Å²) in [6.45, 7) is 2.23. The molecule has 0 aromatic carbocycles. The fourth-order valence-corrected chi connectivity index (χ4v) is 6.83. The second-order valence-corrected chi connectivity index (χ2v) is 8.68. The van der Waals surface area contributed by atoms with E-state index in [1.54, 1.807) is 0 Å². The molecule has 5 fully saturated rings. The second-order valence-electron chi connectivity index (χ2n) is 8.68. The van der Waals surface area contributed by atoms with E-state index in [-0.39, 0.29) is 5.60 Å². The lowest BCUT2D eigenvalue weighted by Gasteiger charge is -2.63. The molecule has 1 heteroatoms. The molecule has 1 N–H and O–H groups in total. The van der Waals surface area contributed by atoms with Gasteiger partial charge >= 0.3 is 0 Å². The first-order chi connectivity index (χ1) is 9.09. The van der Waals surface area contributed by atoms with Crippen LogP contribution in [-0.4, -0.2) is 10.7 Å². The topological polar surface area (TPSA) is 20.2 Å². The normalized spacial score (nSPS) is 49.3. The van der Waals surface area contributed by atoms with Crippen molar-refractivity contribution in [3.63, 3.8) is 0 Å². The van der Waals surface area contributed by atoms with Crippen LogP contribution in [0.15, 0.2) is 0 Å². The molecule has 0 spiro atoms. The van der Waals surface area contributed by atoms with Gasteiger partial charge in [0, 0.05) is 0 Å². The number of hydrogen-bond acceptors (Lipinski definition) is 1. The Kier molecular flexibility index (Phi) is 2.82. The van der Waals surface area contributed by atoms with Gasteiger partial charge in [-0.05, 0) is 87.4 Å². The Morgan fingerprint density at radius 2 is 1.32 bits per heavy atom. The molecular formula is C18H30O. The monoisotopic (exact) mass is 262 g/mol. The largest absolute Gasteiger partial charge is 0.389 e. The van der Waals surface area contributed by atoms with Gasteiger partial charge in [0.1, 0.15) is 0 Å². The maximum Gasteiger partial charge on any atom is 0.0704 e. The van der Waals surface area contributed by atoms with Gasteiger partial charge < -0.3 is 5.11 Å². The minimum Gasteiger partial charge on any atom is -0.389 e.